The zero-order valence-corrected chi connectivity index (χ0v) is 12.2. The van der Waals surface area contributed by atoms with Crippen LogP contribution in [0.3, 0.4) is 0 Å². The second kappa shape index (κ2) is 6.72. The van der Waals surface area contributed by atoms with Crippen LogP contribution in [0.5, 0.6) is 0 Å². The van der Waals surface area contributed by atoms with E-state index in [0.717, 1.165) is 25.6 Å². The molecule has 3 nitrogen and oxygen atoms in total. The van der Waals surface area contributed by atoms with Crippen LogP contribution in [-0.4, -0.2) is 56.1 Å². The van der Waals surface area contributed by atoms with E-state index in [4.69, 9.17) is 5.73 Å². The lowest BCUT2D eigenvalue weighted by Gasteiger charge is -2.39. The third kappa shape index (κ3) is 5.84. The van der Waals surface area contributed by atoms with Crippen molar-refractivity contribution in [2.24, 2.45) is 11.7 Å². The molecular weight excluding hydrogens is 210 g/mol. The van der Waals surface area contributed by atoms with Crippen molar-refractivity contribution in [3.05, 3.63) is 0 Å². The third-order valence-electron chi connectivity index (χ3n) is 3.86. The van der Waals surface area contributed by atoms with Gasteiger partial charge in [0, 0.05) is 12.1 Å². The minimum Gasteiger partial charge on any atom is -0.324 e. The fraction of sp³-hybridized carbons (Fsp3) is 1.00. The van der Waals surface area contributed by atoms with Gasteiger partial charge >= 0.3 is 0 Å². The fourth-order valence-corrected chi connectivity index (χ4v) is 3.12. The molecule has 0 aromatic carbocycles. The summed E-state index contributed by atoms with van der Waals surface area (Å²) < 4.78 is 0. The van der Waals surface area contributed by atoms with E-state index in [1.54, 1.807) is 0 Å². The number of rotatable bonds is 6. The summed E-state index contributed by atoms with van der Waals surface area (Å²) in [5.74, 6) is 0.809. The Balaban J connectivity index is 2.26. The van der Waals surface area contributed by atoms with Gasteiger partial charge in [0.1, 0.15) is 0 Å². The van der Waals surface area contributed by atoms with Crippen molar-refractivity contribution in [1.82, 2.24) is 9.80 Å². The van der Waals surface area contributed by atoms with Gasteiger partial charge in [0.15, 0.2) is 0 Å². The van der Waals surface area contributed by atoms with Crippen molar-refractivity contribution in [3.63, 3.8) is 0 Å². The van der Waals surface area contributed by atoms with E-state index >= 15 is 0 Å². The lowest BCUT2D eigenvalue weighted by molar-refractivity contribution is 0.166. The summed E-state index contributed by atoms with van der Waals surface area (Å²) in [4.78, 5) is 4.66. The van der Waals surface area contributed by atoms with Crippen LogP contribution in [0, 0.1) is 5.92 Å². The summed E-state index contributed by atoms with van der Waals surface area (Å²) in [7, 11) is 6.48. The zero-order valence-electron chi connectivity index (χ0n) is 12.2. The summed E-state index contributed by atoms with van der Waals surface area (Å²) in [6.45, 7) is 5.72. The molecular formula is C14H31N3. The summed E-state index contributed by atoms with van der Waals surface area (Å²) in [5.41, 5.74) is 6.60. The first kappa shape index (κ1) is 14.9. The Morgan fingerprint density at radius 1 is 1.24 bits per heavy atom. The summed E-state index contributed by atoms with van der Waals surface area (Å²) in [6, 6.07) is 0. The van der Waals surface area contributed by atoms with Crippen molar-refractivity contribution in [2.75, 3.05) is 40.8 Å². The van der Waals surface area contributed by atoms with Crippen LogP contribution in [-0.2, 0) is 0 Å². The lowest BCUT2D eigenvalue weighted by atomic mass is 9.77. The van der Waals surface area contributed by atoms with Gasteiger partial charge in [0.05, 0.1) is 0 Å². The predicted octanol–water partition coefficient (Wildman–Crippen LogP) is 1.78. The Labute approximate surface area is 107 Å². The van der Waals surface area contributed by atoms with Crippen LogP contribution in [0.4, 0.5) is 0 Å². The standard InChI is InChI=1S/C14H31N3/c1-13-7-5-8-14(15,11-13)12-17(4)10-6-9-16(2)3/h13H,5-12,15H2,1-4H3. The van der Waals surface area contributed by atoms with Gasteiger partial charge < -0.3 is 15.5 Å². The lowest BCUT2D eigenvalue weighted by Crippen LogP contribution is -2.52. The largest absolute Gasteiger partial charge is 0.324 e. The molecule has 0 bridgehead atoms. The van der Waals surface area contributed by atoms with Crippen molar-refractivity contribution in [2.45, 2.75) is 44.6 Å². The molecule has 0 radical (unpaired) electrons. The summed E-state index contributed by atoms with van der Waals surface area (Å²) in [6.07, 6.45) is 6.31. The highest BCUT2D eigenvalue weighted by Crippen LogP contribution is 2.30. The first-order valence-electron chi connectivity index (χ1n) is 7.03. The Hall–Kier alpha value is -0.120. The number of hydrogen-bond acceptors (Lipinski definition) is 3. The number of likely N-dealkylation sites (N-methyl/N-ethyl adjacent to an activating group) is 1. The molecule has 2 unspecified atom stereocenters. The Morgan fingerprint density at radius 3 is 2.53 bits per heavy atom. The van der Waals surface area contributed by atoms with Crippen LogP contribution >= 0.6 is 0 Å². The fourth-order valence-electron chi connectivity index (χ4n) is 3.12. The first-order chi connectivity index (χ1) is 7.91. The molecule has 0 saturated heterocycles. The van der Waals surface area contributed by atoms with E-state index in [2.05, 4.69) is 37.9 Å². The number of nitrogens with zero attached hydrogens (tertiary/aromatic N) is 2. The van der Waals surface area contributed by atoms with Gasteiger partial charge in [0.25, 0.3) is 0 Å². The maximum absolute atomic E-state index is 6.53. The van der Waals surface area contributed by atoms with E-state index < -0.39 is 0 Å². The average Bonchev–Trinajstić information content (AvgIpc) is 2.15. The highest BCUT2D eigenvalue weighted by molar-refractivity contribution is 4.91. The second-order valence-electron chi connectivity index (χ2n) is 6.46. The van der Waals surface area contributed by atoms with Gasteiger partial charge in [-0.2, -0.15) is 0 Å². The maximum Gasteiger partial charge on any atom is 0.0285 e. The Morgan fingerprint density at radius 2 is 1.94 bits per heavy atom. The topological polar surface area (TPSA) is 32.5 Å². The molecule has 1 fully saturated rings. The third-order valence-corrected chi connectivity index (χ3v) is 3.86. The SMILES string of the molecule is CC1CCCC(N)(CN(C)CCCN(C)C)C1. The minimum absolute atomic E-state index is 0.0739. The van der Waals surface area contributed by atoms with Gasteiger partial charge in [-0.25, -0.2) is 0 Å². The normalized spacial score (nSPS) is 30.2. The summed E-state index contributed by atoms with van der Waals surface area (Å²) >= 11 is 0. The van der Waals surface area contributed by atoms with Gasteiger partial charge in [-0.1, -0.05) is 19.8 Å². The monoisotopic (exact) mass is 241 g/mol. The van der Waals surface area contributed by atoms with Crippen LogP contribution < -0.4 is 5.73 Å². The molecule has 2 atom stereocenters. The van der Waals surface area contributed by atoms with Crippen molar-refractivity contribution >= 4 is 0 Å². The quantitative estimate of drug-likeness (QED) is 0.769. The molecule has 0 aromatic heterocycles. The minimum atomic E-state index is 0.0739. The maximum atomic E-state index is 6.53. The molecule has 3 heteroatoms. The van der Waals surface area contributed by atoms with Crippen molar-refractivity contribution in [1.29, 1.82) is 0 Å². The number of nitrogens with two attached hydrogens (primary N) is 1. The molecule has 0 aliphatic heterocycles. The molecule has 1 aliphatic carbocycles. The van der Waals surface area contributed by atoms with Crippen LogP contribution in [0.15, 0.2) is 0 Å². The van der Waals surface area contributed by atoms with Gasteiger partial charge in [-0.3, -0.25) is 0 Å². The molecule has 0 amide bonds. The van der Waals surface area contributed by atoms with Gasteiger partial charge in [-0.15, -0.1) is 0 Å². The second-order valence-corrected chi connectivity index (χ2v) is 6.46. The van der Waals surface area contributed by atoms with E-state index in [1.807, 2.05) is 0 Å². The van der Waals surface area contributed by atoms with Crippen molar-refractivity contribution in [3.8, 4) is 0 Å². The highest BCUT2D eigenvalue weighted by atomic mass is 15.1. The van der Waals surface area contributed by atoms with E-state index in [0.29, 0.717) is 0 Å². The molecule has 17 heavy (non-hydrogen) atoms. The molecule has 0 spiro atoms. The van der Waals surface area contributed by atoms with Crippen LogP contribution in [0.25, 0.3) is 0 Å². The first-order valence-corrected chi connectivity index (χ1v) is 7.03. The van der Waals surface area contributed by atoms with E-state index in [1.165, 1.54) is 32.1 Å². The molecule has 2 N–H and O–H groups in total. The molecule has 102 valence electrons. The molecule has 1 aliphatic rings. The molecule has 0 aromatic rings. The average molecular weight is 241 g/mol. The highest BCUT2D eigenvalue weighted by Gasteiger charge is 2.31. The van der Waals surface area contributed by atoms with Crippen molar-refractivity contribution < 1.29 is 0 Å². The molecule has 1 rings (SSSR count). The molecule has 0 heterocycles. The Bertz CT molecular complexity index is 218. The number of hydrogen-bond donors (Lipinski definition) is 1. The molecule has 1 saturated carbocycles. The summed E-state index contributed by atoms with van der Waals surface area (Å²) in [5, 5.41) is 0. The van der Waals surface area contributed by atoms with Gasteiger partial charge in [-0.05, 0) is 59.4 Å². The van der Waals surface area contributed by atoms with E-state index in [-0.39, 0.29) is 5.54 Å². The predicted molar refractivity (Wildman–Crippen MR) is 75.2 cm³/mol. The van der Waals surface area contributed by atoms with Crippen LogP contribution in [0.1, 0.15) is 39.0 Å². The van der Waals surface area contributed by atoms with E-state index in [9.17, 15) is 0 Å². The zero-order chi connectivity index (χ0) is 12.9. The van der Waals surface area contributed by atoms with Crippen LogP contribution in [0.2, 0.25) is 0 Å². The van der Waals surface area contributed by atoms with Gasteiger partial charge in [0.2, 0.25) is 0 Å². The Kier molecular flexibility index (Phi) is 5.90. The smallest absolute Gasteiger partial charge is 0.0285 e.